The number of benzene rings is 1. The van der Waals surface area contributed by atoms with Crippen LogP contribution in [-0.4, -0.2) is 17.6 Å². The summed E-state index contributed by atoms with van der Waals surface area (Å²) < 4.78 is 75.5. The van der Waals surface area contributed by atoms with Crippen molar-refractivity contribution in [1.82, 2.24) is 0 Å². The molecule has 0 unspecified atom stereocenters. The summed E-state index contributed by atoms with van der Waals surface area (Å²) in [6.45, 7) is 0. The second kappa shape index (κ2) is 4.79. The Balaban J connectivity index is 3.16. The van der Waals surface area contributed by atoms with Gasteiger partial charge in [-0.2, -0.15) is 17.6 Å². The lowest BCUT2D eigenvalue weighted by molar-refractivity contribution is -0.270. The molecular formula is C10H5ClF6O. The lowest BCUT2D eigenvalue weighted by Gasteiger charge is -2.26. The van der Waals surface area contributed by atoms with Gasteiger partial charge in [-0.3, -0.25) is 4.79 Å². The summed E-state index contributed by atoms with van der Waals surface area (Å²) >= 11 is 5.02. The van der Waals surface area contributed by atoms with Crippen molar-refractivity contribution >= 4 is 16.8 Å². The maximum atomic E-state index is 13.2. The van der Waals surface area contributed by atoms with Crippen LogP contribution < -0.4 is 0 Å². The highest BCUT2D eigenvalue weighted by Gasteiger charge is 2.63. The summed E-state index contributed by atoms with van der Waals surface area (Å²) in [5.74, 6) is -10.5. The molecule has 0 aliphatic heterocycles. The van der Waals surface area contributed by atoms with Crippen LogP contribution in [0.25, 0.3) is 0 Å². The number of rotatable bonds is 4. The van der Waals surface area contributed by atoms with E-state index in [0.717, 1.165) is 12.1 Å². The molecule has 0 bridgehead atoms. The van der Waals surface area contributed by atoms with Crippen LogP contribution in [0.4, 0.5) is 26.3 Å². The number of hydrogen-bond acceptors (Lipinski definition) is 1. The Morgan fingerprint density at radius 2 is 1.50 bits per heavy atom. The fourth-order valence-corrected chi connectivity index (χ4v) is 1.27. The van der Waals surface area contributed by atoms with Crippen molar-refractivity contribution < 1.29 is 31.1 Å². The molecule has 0 saturated heterocycles. The van der Waals surface area contributed by atoms with E-state index >= 15 is 0 Å². The van der Waals surface area contributed by atoms with Gasteiger partial charge in [0.25, 0.3) is 5.24 Å². The molecule has 0 saturated carbocycles. The van der Waals surface area contributed by atoms with Gasteiger partial charge >= 0.3 is 18.3 Å². The van der Waals surface area contributed by atoms with E-state index in [4.69, 9.17) is 11.6 Å². The van der Waals surface area contributed by atoms with Gasteiger partial charge in [0, 0.05) is 11.1 Å². The van der Waals surface area contributed by atoms with Crippen molar-refractivity contribution in [2.75, 3.05) is 0 Å². The molecule has 0 atom stereocenters. The van der Waals surface area contributed by atoms with Crippen molar-refractivity contribution in [3.63, 3.8) is 0 Å². The van der Waals surface area contributed by atoms with Crippen LogP contribution in [0.5, 0.6) is 0 Å². The highest BCUT2D eigenvalue weighted by molar-refractivity contribution is 6.67. The summed E-state index contributed by atoms with van der Waals surface area (Å²) in [5, 5.41) is -0.981. The molecule has 0 N–H and O–H groups in total. The Bertz CT molecular complexity index is 442. The van der Waals surface area contributed by atoms with Gasteiger partial charge in [-0.05, 0) is 23.7 Å². The van der Waals surface area contributed by atoms with Gasteiger partial charge in [-0.15, -0.1) is 0 Å². The molecule has 1 rings (SSSR count). The van der Waals surface area contributed by atoms with Gasteiger partial charge < -0.3 is 0 Å². The molecule has 0 aliphatic carbocycles. The second-order valence-electron chi connectivity index (χ2n) is 3.35. The van der Waals surface area contributed by atoms with Gasteiger partial charge in [0.15, 0.2) is 0 Å². The van der Waals surface area contributed by atoms with Gasteiger partial charge in [-0.1, -0.05) is 12.1 Å². The number of halogens is 7. The maximum Gasteiger partial charge on any atom is 0.373 e. The smallest absolute Gasteiger partial charge is 0.276 e. The third-order valence-corrected chi connectivity index (χ3v) is 2.39. The standard InChI is InChI=1S/C10H5ClF6O/c11-7(18)5-1-3-6(4-2-5)9(14,15)10(16,17)8(12)13/h1-4,8H. The molecule has 0 fully saturated rings. The van der Waals surface area contributed by atoms with Crippen LogP contribution in [0.1, 0.15) is 15.9 Å². The Morgan fingerprint density at radius 1 is 1.06 bits per heavy atom. The zero-order chi connectivity index (χ0) is 14.1. The van der Waals surface area contributed by atoms with E-state index < -0.39 is 29.1 Å². The maximum absolute atomic E-state index is 13.2. The SMILES string of the molecule is O=C(Cl)c1ccc(C(F)(F)C(F)(F)C(F)F)cc1. The minimum atomic E-state index is -5.50. The van der Waals surface area contributed by atoms with E-state index in [-0.39, 0.29) is 5.56 Å². The van der Waals surface area contributed by atoms with Crippen molar-refractivity contribution in [2.24, 2.45) is 0 Å². The van der Waals surface area contributed by atoms with Gasteiger partial charge in [0.1, 0.15) is 0 Å². The number of alkyl halides is 6. The molecular weight excluding hydrogens is 286 g/mol. The Kier molecular flexibility index (Phi) is 3.95. The molecule has 0 aromatic heterocycles. The van der Waals surface area contributed by atoms with Crippen LogP contribution in [0.15, 0.2) is 24.3 Å². The third-order valence-electron chi connectivity index (χ3n) is 2.17. The average molecular weight is 291 g/mol. The molecule has 0 aliphatic rings. The van der Waals surface area contributed by atoms with Crippen LogP contribution >= 0.6 is 11.6 Å². The summed E-state index contributed by atoms with van der Waals surface area (Å²) in [5.41, 5.74) is -1.54. The molecule has 18 heavy (non-hydrogen) atoms. The van der Waals surface area contributed by atoms with Crippen LogP contribution in [-0.2, 0) is 5.92 Å². The Morgan fingerprint density at radius 3 is 1.83 bits per heavy atom. The molecule has 1 aromatic carbocycles. The fourth-order valence-electron chi connectivity index (χ4n) is 1.14. The first kappa shape index (κ1) is 14.8. The first-order chi connectivity index (χ1) is 8.10. The first-order valence-electron chi connectivity index (χ1n) is 4.45. The summed E-state index contributed by atoms with van der Waals surface area (Å²) in [6, 6.07) is 2.40. The summed E-state index contributed by atoms with van der Waals surface area (Å²) in [6.07, 6.45) is -4.51. The minimum absolute atomic E-state index is 0.212. The van der Waals surface area contributed by atoms with E-state index in [0.29, 0.717) is 12.1 Å². The summed E-state index contributed by atoms with van der Waals surface area (Å²) in [4.78, 5) is 10.6. The van der Waals surface area contributed by atoms with Crippen molar-refractivity contribution in [1.29, 1.82) is 0 Å². The normalized spacial score (nSPS) is 12.9. The van der Waals surface area contributed by atoms with E-state index in [2.05, 4.69) is 0 Å². The fraction of sp³-hybridized carbons (Fsp3) is 0.300. The zero-order valence-electron chi connectivity index (χ0n) is 8.44. The largest absolute Gasteiger partial charge is 0.373 e. The van der Waals surface area contributed by atoms with Crippen LogP contribution in [0.3, 0.4) is 0 Å². The van der Waals surface area contributed by atoms with Crippen LogP contribution in [0, 0.1) is 0 Å². The topological polar surface area (TPSA) is 17.1 Å². The number of hydrogen-bond donors (Lipinski definition) is 0. The zero-order valence-corrected chi connectivity index (χ0v) is 9.20. The molecule has 0 spiro atoms. The average Bonchev–Trinajstić information content (AvgIpc) is 2.28. The molecule has 1 aromatic rings. The highest BCUT2D eigenvalue weighted by Crippen LogP contribution is 2.46. The van der Waals surface area contributed by atoms with E-state index in [1.54, 1.807) is 0 Å². The van der Waals surface area contributed by atoms with Gasteiger partial charge in [0.2, 0.25) is 0 Å². The molecule has 8 heteroatoms. The minimum Gasteiger partial charge on any atom is -0.276 e. The quantitative estimate of drug-likeness (QED) is 0.604. The molecule has 0 radical (unpaired) electrons. The number of carbonyl (C=O) groups excluding carboxylic acids is 1. The third kappa shape index (κ3) is 2.45. The van der Waals surface area contributed by atoms with Crippen molar-refractivity contribution in [2.45, 2.75) is 18.3 Å². The number of carbonyl (C=O) groups is 1. The molecule has 0 amide bonds. The van der Waals surface area contributed by atoms with Crippen LogP contribution in [0.2, 0.25) is 0 Å². The second-order valence-corrected chi connectivity index (χ2v) is 3.69. The Labute approximate surface area is 102 Å². The van der Waals surface area contributed by atoms with E-state index in [1.165, 1.54) is 0 Å². The predicted molar refractivity (Wildman–Crippen MR) is 51.5 cm³/mol. The summed E-state index contributed by atoms with van der Waals surface area (Å²) in [7, 11) is 0. The van der Waals surface area contributed by atoms with Crippen molar-refractivity contribution in [3.8, 4) is 0 Å². The van der Waals surface area contributed by atoms with E-state index in [9.17, 15) is 31.1 Å². The lowest BCUT2D eigenvalue weighted by Crippen LogP contribution is -2.44. The molecule has 0 heterocycles. The first-order valence-corrected chi connectivity index (χ1v) is 4.82. The van der Waals surface area contributed by atoms with Crippen molar-refractivity contribution in [3.05, 3.63) is 35.4 Å². The van der Waals surface area contributed by atoms with Gasteiger partial charge in [0.05, 0.1) is 0 Å². The van der Waals surface area contributed by atoms with E-state index in [1.807, 2.05) is 0 Å². The monoisotopic (exact) mass is 290 g/mol. The van der Waals surface area contributed by atoms with Gasteiger partial charge in [-0.25, -0.2) is 8.78 Å². The lowest BCUT2D eigenvalue weighted by atomic mass is 10.0. The predicted octanol–water partition coefficient (Wildman–Crippen LogP) is 4.06. The highest BCUT2D eigenvalue weighted by atomic mass is 35.5. The molecule has 100 valence electrons. The molecule has 1 nitrogen and oxygen atoms in total. The Hall–Kier alpha value is -1.24.